The van der Waals surface area contributed by atoms with E-state index in [9.17, 15) is 13.2 Å². The standard InChI is InChI=1S/C21H22N2O5S2/c1-23(30(25,26)20-5-4-12-29-20)17-9-6-15(7-10-17)21(24)22-14-16-8-11-18(27-2)13-19(16)28-3/h4-13H,14H2,1-3H3,(H,22,24). The maximum atomic E-state index is 12.6. The van der Waals surface area contributed by atoms with Crippen LogP contribution in [0.3, 0.4) is 0 Å². The first-order valence-electron chi connectivity index (χ1n) is 8.98. The molecule has 0 bridgehead atoms. The third-order valence-electron chi connectivity index (χ3n) is 4.54. The summed E-state index contributed by atoms with van der Waals surface area (Å²) in [6.07, 6.45) is 0. The quantitative estimate of drug-likeness (QED) is 0.572. The number of methoxy groups -OCH3 is 2. The zero-order valence-corrected chi connectivity index (χ0v) is 18.4. The van der Waals surface area contributed by atoms with E-state index >= 15 is 0 Å². The zero-order valence-electron chi connectivity index (χ0n) is 16.8. The van der Waals surface area contributed by atoms with E-state index in [1.807, 2.05) is 6.07 Å². The molecule has 3 rings (SSSR count). The number of amides is 1. The van der Waals surface area contributed by atoms with Crippen molar-refractivity contribution < 1.29 is 22.7 Å². The average Bonchev–Trinajstić information content (AvgIpc) is 3.32. The van der Waals surface area contributed by atoms with Crippen LogP contribution in [0.2, 0.25) is 0 Å². The van der Waals surface area contributed by atoms with Crippen molar-refractivity contribution in [3.05, 3.63) is 71.1 Å². The van der Waals surface area contributed by atoms with Crippen molar-refractivity contribution in [3.63, 3.8) is 0 Å². The minimum absolute atomic E-state index is 0.264. The molecule has 1 aromatic heterocycles. The van der Waals surface area contributed by atoms with Crippen molar-refractivity contribution in [2.75, 3.05) is 25.6 Å². The lowest BCUT2D eigenvalue weighted by Crippen LogP contribution is -2.26. The van der Waals surface area contributed by atoms with Crippen molar-refractivity contribution in [1.29, 1.82) is 0 Å². The molecule has 0 saturated carbocycles. The SMILES string of the molecule is COc1ccc(CNC(=O)c2ccc(N(C)S(=O)(=O)c3cccs3)cc2)c(OC)c1. The molecule has 0 unspecified atom stereocenters. The third kappa shape index (κ3) is 4.58. The van der Waals surface area contributed by atoms with Crippen LogP contribution < -0.4 is 19.1 Å². The van der Waals surface area contributed by atoms with Gasteiger partial charge in [0.2, 0.25) is 0 Å². The third-order valence-corrected chi connectivity index (χ3v) is 7.70. The van der Waals surface area contributed by atoms with Gasteiger partial charge in [0, 0.05) is 30.8 Å². The highest BCUT2D eigenvalue weighted by atomic mass is 32.2. The molecular formula is C21H22N2O5S2. The number of benzene rings is 2. The van der Waals surface area contributed by atoms with Gasteiger partial charge in [0.25, 0.3) is 15.9 Å². The van der Waals surface area contributed by atoms with Crippen molar-refractivity contribution in [2.45, 2.75) is 10.8 Å². The molecule has 0 atom stereocenters. The predicted octanol–water partition coefficient (Wildman–Crippen LogP) is 3.52. The van der Waals surface area contributed by atoms with E-state index in [1.165, 1.54) is 11.4 Å². The van der Waals surface area contributed by atoms with Gasteiger partial charge in [0.05, 0.1) is 19.9 Å². The highest BCUT2D eigenvalue weighted by Gasteiger charge is 2.22. The van der Waals surface area contributed by atoms with E-state index in [2.05, 4.69) is 5.32 Å². The fourth-order valence-electron chi connectivity index (χ4n) is 2.78. The highest BCUT2D eigenvalue weighted by Crippen LogP contribution is 2.26. The number of hydrogen-bond donors (Lipinski definition) is 1. The second-order valence-electron chi connectivity index (χ2n) is 6.31. The molecule has 2 aromatic carbocycles. The lowest BCUT2D eigenvalue weighted by Gasteiger charge is -2.18. The Labute approximate surface area is 179 Å². The van der Waals surface area contributed by atoms with Gasteiger partial charge in [0.1, 0.15) is 15.7 Å². The van der Waals surface area contributed by atoms with Crippen LogP contribution in [0.25, 0.3) is 0 Å². The van der Waals surface area contributed by atoms with Crippen LogP contribution >= 0.6 is 11.3 Å². The Morgan fingerprint density at radius 1 is 1.07 bits per heavy atom. The summed E-state index contributed by atoms with van der Waals surface area (Å²) in [6, 6.07) is 15.0. The predicted molar refractivity (Wildman–Crippen MR) is 117 cm³/mol. The van der Waals surface area contributed by atoms with Gasteiger partial charge in [-0.1, -0.05) is 6.07 Å². The Balaban J connectivity index is 1.68. The second-order valence-corrected chi connectivity index (χ2v) is 9.46. The minimum Gasteiger partial charge on any atom is -0.497 e. The summed E-state index contributed by atoms with van der Waals surface area (Å²) in [7, 11) is 0.999. The van der Waals surface area contributed by atoms with Gasteiger partial charge in [-0.2, -0.15) is 0 Å². The lowest BCUT2D eigenvalue weighted by atomic mass is 10.1. The average molecular weight is 447 g/mol. The van der Waals surface area contributed by atoms with Crippen LogP contribution in [0.4, 0.5) is 5.69 Å². The van der Waals surface area contributed by atoms with Gasteiger partial charge in [-0.15, -0.1) is 11.3 Å². The highest BCUT2D eigenvalue weighted by molar-refractivity contribution is 7.94. The maximum Gasteiger partial charge on any atom is 0.273 e. The van der Waals surface area contributed by atoms with Crippen LogP contribution in [0.1, 0.15) is 15.9 Å². The summed E-state index contributed by atoms with van der Waals surface area (Å²) >= 11 is 1.16. The normalized spacial score (nSPS) is 11.0. The van der Waals surface area contributed by atoms with Gasteiger partial charge in [-0.05, 0) is 47.8 Å². The molecule has 30 heavy (non-hydrogen) atoms. The number of nitrogens with one attached hydrogen (secondary N) is 1. The molecular weight excluding hydrogens is 424 g/mol. The molecule has 0 aliphatic carbocycles. The Morgan fingerprint density at radius 2 is 1.80 bits per heavy atom. The molecule has 1 heterocycles. The molecule has 0 spiro atoms. The topological polar surface area (TPSA) is 84.9 Å². The van der Waals surface area contributed by atoms with E-state index in [1.54, 1.807) is 68.1 Å². The summed E-state index contributed by atoms with van der Waals surface area (Å²) in [5.41, 5.74) is 1.70. The molecule has 158 valence electrons. The Kier molecular flexibility index (Phi) is 6.63. The largest absolute Gasteiger partial charge is 0.497 e. The first kappa shape index (κ1) is 21.7. The van der Waals surface area contributed by atoms with Crippen LogP contribution in [0, 0.1) is 0 Å². The molecule has 0 aliphatic heterocycles. The van der Waals surface area contributed by atoms with Crippen LogP contribution in [-0.2, 0) is 16.6 Å². The lowest BCUT2D eigenvalue weighted by molar-refractivity contribution is 0.0950. The first-order valence-corrected chi connectivity index (χ1v) is 11.3. The number of nitrogens with zero attached hydrogens (tertiary/aromatic N) is 1. The summed E-state index contributed by atoms with van der Waals surface area (Å²) < 4.78 is 37.2. The number of anilines is 1. The number of ether oxygens (including phenoxy) is 2. The van der Waals surface area contributed by atoms with E-state index in [0.717, 1.165) is 16.9 Å². The molecule has 0 fully saturated rings. The van der Waals surface area contributed by atoms with E-state index in [4.69, 9.17) is 9.47 Å². The number of carbonyl (C=O) groups excluding carboxylic acids is 1. The van der Waals surface area contributed by atoms with Crippen molar-refractivity contribution in [3.8, 4) is 11.5 Å². The van der Waals surface area contributed by atoms with E-state index in [-0.39, 0.29) is 16.7 Å². The number of hydrogen-bond acceptors (Lipinski definition) is 6. The summed E-state index contributed by atoms with van der Waals surface area (Å²) in [6.45, 7) is 0.278. The Bertz CT molecular complexity index is 1110. The molecule has 0 radical (unpaired) electrons. The molecule has 9 heteroatoms. The Hall–Kier alpha value is -3.04. The van der Waals surface area contributed by atoms with Crippen LogP contribution in [-0.4, -0.2) is 35.6 Å². The maximum absolute atomic E-state index is 12.6. The van der Waals surface area contributed by atoms with Gasteiger partial charge >= 0.3 is 0 Å². The summed E-state index contributed by atoms with van der Waals surface area (Å²) in [5, 5.41) is 4.55. The number of carbonyl (C=O) groups is 1. The molecule has 0 saturated heterocycles. The number of sulfonamides is 1. The molecule has 3 aromatic rings. The number of thiophene rings is 1. The Morgan fingerprint density at radius 3 is 2.40 bits per heavy atom. The van der Waals surface area contributed by atoms with Gasteiger partial charge < -0.3 is 14.8 Å². The summed E-state index contributed by atoms with van der Waals surface area (Å²) in [4.78, 5) is 12.5. The van der Waals surface area contributed by atoms with Crippen molar-refractivity contribution >= 4 is 33.0 Å². The molecule has 7 nitrogen and oxygen atoms in total. The van der Waals surface area contributed by atoms with E-state index < -0.39 is 10.0 Å². The number of rotatable bonds is 8. The van der Waals surface area contributed by atoms with E-state index in [0.29, 0.717) is 22.7 Å². The summed E-state index contributed by atoms with van der Waals surface area (Å²) in [5.74, 6) is 1.01. The zero-order chi connectivity index (χ0) is 21.7. The second kappa shape index (κ2) is 9.19. The smallest absolute Gasteiger partial charge is 0.273 e. The molecule has 0 aliphatic rings. The fraction of sp³-hybridized carbons (Fsp3) is 0.190. The van der Waals surface area contributed by atoms with Crippen LogP contribution in [0.15, 0.2) is 64.2 Å². The monoisotopic (exact) mass is 446 g/mol. The first-order chi connectivity index (χ1) is 14.4. The van der Waals surface area contributed by atoms with Gasteiger partial charge in [0.15, 0.2) is 0 Å². The van der Waals surface area contributed by atoms with Crippen molar-refractivity contribution in [2.24, 2.45) is 0 Å². The minimum atomic E-state index is -3.61. The van der Waals surface area contributed by atoms with Gasteiger partial charge in [-0.25, -0.2) is 8.42 Å². The van der Waals surface area contributed by atoms with Crippen LogP contribution in [0.5, 0.6) is 11.5 Å². The van der Waals surface area contributed by atoms with Crippen molar-refractivity contribution in [1.82, 2.24) is 5.32 Å². The molecule has 1 N–H and O–H groups in total. The van der Waals surface area contributed by atoms with Gasteiger partial charge in [-0.3, -0.25) is 9.10 Å². The fourth-order valence-corrected chi connectivity index (χ4v) is 5.14. The molecule has 1 amide bonds.